The monoisotopic (exact) mass is 631 g/mol. The number of benzene rings is 3. The summed E-state index contributed by atoms with van der Waals surface area (Å²) in [5, 5.41) is 3.68. The van der Waals surface area contributed by atoms with Gasteiger partial charge in [-0.15, -0.1) is 0 Å². The van der Waals surface area contributed by atoms with E-state index in [4.69, 9.17) is 23.2 Å². The van der Waals surface area contributed by atoms with Crippen LogP contribution in [0.4, 0.5) is 5.69 Å². The van der Waals surface area contributed by atoms with Crippen LogP contribution in [0.1, 0.15) is 57.2 Å². The Morgan fingerprint density at radius 2 is 1.50 bits per heavy atom. The van der Waals surface area contributed by atoms with Gasteiger partial charge < -0.3 is 10.2 Å². The fourth-order valence-corrected chi connectivity index (χ4v) is 5.83. The Bertz CT molecular complexity index is 1510. The lowest BCUT2D eigenvalue weighted by molar-refractivity contribution is -0.140. The number of nitrogens with one attached hydrogen (secondary N) is 1. The van der Waals surface area contributed by atoms with Crippen LogP contribution in [0, 0.1) is 0 Å². The molecule has 1 atom stereocenters. The van der Waals surface area contributed by atoms with Crippen LogP contribution in [0.2, 0.25) is 10.0 Å². The maximum Gasteiger partial charge on any atom is 0.244 e. The lowest BCUT2D eigenvalue weighted by atomic mass is 10.00. The minimum atomic E-state index is -3.87. The van der Waals surface area contributed by atoms with Crippen LogP contribution in [0.5, 0.6) is 0 Å². The minimum absolute atomic E-state index is 0.00815. The molecule has 0 aliphatic heterocycles. The third kappa shape index (κ3) is 9.21. The first-order valence-corrected chi connectivity index (χ1v) is 16.3. The third-order valence-corrected chi connectivity index (χ3v) is 8.48. The standard InChI is InChI=1S/C32H39Cl2N3O4S/c1-22(2)25-14-10-11-15-28(25)37(42(6,40)41)21-30(38)36(20-24-16-17-26(33)27(34)18-24)29(31(39)35-32(3,4)5)19-23-12-8-7-9-13-23/h7-18,22,29H,19-21H2,1-6H3,(H,35,39)/t29-/m0/s1. The molecule has 10 heteroatoms. The quantitative estimate of drug-likeness (QED) is 0.264. The van der Waals surface area contributed by atoms with E-state index in [1.165, 1.54) is 4.90 Å². The van der Waals surface area contributed by atoms with Crippen LogP contribution in [0.3, 0.4) is 0 Å². The van der Waals surface area contributed by atoms with Crippen LogP contribution in [0.15, 0.2) is 72.8 Å². The van der Waals surface area contributed by atoms with Crippen molar-refractivity contribution in [3.05, 3.63) is 99.5 Å². The highest BCUT2D eigenvalue weighted by Gasteiger charge is 2.35. The molecule has 226 valence electrons. The normalized spacial score (nSPS) is 12.6. The Labute approximate surface area is 259 Å². The minimum Gasteiger partial charge on any atom is -0.350 e. The average molecular weight is 633 g/mol. The number of amides is 2. The van der Waals surface area contributed by atoms with E-state index in [0.717, 1.165) is 21.7 Å². The predicted molar refractivity (Wildman–Crippen MR) is 172 cm³/mol. The van der Waals surface area contributed by atoms with Crippen molar-refractivity contribution in [1.29, 1.82) is 0 Å². The SMILES string of the molecule is CC(C)c1ccccc1N(CC(=O)N(Cc1ccc(Cl)c(Cl)c1)[C@@H](Cc1ccccc1)C(=O)NC(C)(C)C)S(C)(=O)=O. The number of hydrogen-bond donors (Lipinski definition) is 1. The molecule has 0 aliphatic rings. The van der Waals surface area contributed by atoms with E-state index in [0.29, 0.717) is 21.3 Å². The van der Waals surface area contributed by atoms with Crippen molar-refractivity contribution in [1.82, 2.24) is 10.2 Å². The highest BCUT2D eigenvalue weighted by Crippen LogP contribution is 2.30. The van der Waals surface area contributed by atoms with Gasteiger partial charge in [-0.05, 0) is 61.6 Å². The number of nitrogens with zero attached hydrogens (tertiary/aromatic N) is 2. The zero-order chi connectivity index (χ0) is 31.2. The second kappa shape index (κ2) is 13.9. The van der Waals surface area contributed by atoms with Crippen molar-refractivity contribution in [3.63, 3.8) is 0 Å². The lowest BCUT2D eigenvalue weighted by Crippen LogP contribution is -2.56. The largest absolute Gasteiger partial charge is 0.350 e. The van der Waals surface area contributed by atoms with Crippen LogP contribution < -0.4 is 9.62 Å². The molecule has 0 saturated heterocycles. The Hall–Kier alpha value is -3.07. The number of carbonyl (C=O) groups excluding carboxylic acids is 2. The maximum absolute atomic E-state index is 14.3. The van der Waals surface area contributed by atoms with E-state index in [-0.39, 0.29) is 24.8 Å². The van der Waals surface area contributed by atoms with Crippen molar-refractivity contribution in [2.24, 2.45) is 0 Å². The van der Waals surface area contributed by atoms with Crippen molar-refractivity contribution >= 4 is 50.7 Å². The van der Waals surface area contributed by atoms with Gasteiger partial charge in [0, 0.05) is 18.5 Å². The highest BCUT2D eigenvalue weighted by molar-refractivity contribution is 7.92. The number of sulfonamides is 1. The predicted octanol–water partition coefficient (Wildman–Crippen LogP) is 6.44. The zero-order valence-electron chi connectivity index (χ0n) is 24.9. The molecule has 42 heavy (non-hydrogen) atoms. The topological polar surface area (TPSA) is 86.8 Å². The summed E-state index contributed by atoms with van der Waals surface area (Å²) in [7, 11) is -3.87. The number of anilines is 1. The molecule has 0 radical (unpaired) electrons. The summed E-state index contributed by atoms with van der Waals surface area (Å²) in [4.78, 5) is 29.6. The van der Waals surface area contributed by atoms with Crippen molar-refractivity contribution in [3.8, 4) is 0 Å². The van der Waals surface area contributed by atoms with Gasteiger partial charge in [-0.25, -0.2) is 8.42 Å². The van der Waals surface area contributed by atoms with Crippen LogP contribution >= 0.6 is 23.2 Å². The van der Waals surface area contributed by atoms with E-state index in [9.17, 15) is 18.0 Å². The average Bonchev–Trinajstić information content (AvgIpc) is 2.90. The van der Waals surface area contributed by atoms with Gasteiger partial charge in [0.05, 0.1) is 22.0 Å². The highest BCUT2D eigenvalue weighted by atomic mass is 35.5. The second-order valence-electron chi connectivity index (χ2n) is 11.7. The van der Waals surface area contributed by atoms with Gasteiger partial charge in [-0.3, -0.25) is 13.9 Å². The maximum atomic E-state index is 14.3. The van der Waals surface area contributed by atoms with Crippen molar-refractivity contribution in [2.75, 3.05) is 17.1 Å². The van der Waals surface area contributed by atoms with E-state index >= 15 is 0 Å². The van der Waals surface area contributed by atoms with Gasteiger partial charge in [-0.2, -0.15) is 0 Å². The molecule has 0 saturated carbocycles. The van der Waals surface area contributed by atoms with Crippen molar-refractivity contribution in [2.45, 2.75) is 65.1 Å². The molecule has 2 amide bonds. The summed E-state index contributed by atoms with van der Waals surface area (Å²) in [6.07, 6.45) is 1.30. The zero-order valence-corrected chi connectivity index (χ0v) is 27.2. The van der Waals surface area contributed by atoms with Crippen LogP contribution in [0.25, 0.3) is 0 Å². The molecule has 0 unspecified atom stereocenters. The molecule has 0 spiro atoms. The number of carbonyl (C=O) groups is 2. The fraction of sp³-hybridized carbons (Fsp3) is 0.375. The molecule has 3 aromatic carbocycles. The second-order valence-corrected chi connectivity index (χ2v) is 14.4. The fourth-order valence-electron chi connectivity index (χ4n) is 4.64. The Kier molecular flexibility index (Phi) is 11.1. The summed E-state index contributed by atoms with van der Waals surface area (Å²) in [6, 6.07) is 20.6. The summed E-state index contributed by atoms with van der Waals surface area (Å²) in [5.74, 6) is -0.875. The van der Waals surface area contributed by atoms with Gasteiger partial charge in [-0.1, -0.05) is 91.6 Å². The first kappa shape index (κ1) is 33.4. The van der Waals surface area contributed by atoms with E-state index in [1.54, 1.807) is 30.3 Å². The number of rotatable bonds is 11. The molecule has 0 heterocycles. The van der Waals surface area contributed by atoms with Gasteiger partial charge in [0.2, 0.25) is 21.8 Å². The van der Waals surface area contributed by atoms with E-state index in [1.807, 2.05) is 77.1 Å². The first-order valence-electron chi connectivity index (χ1n) is 13.7. The lowest BCUT2D eigenvalue weighted by Gasteiger charge is -2.35. The number of halogens is 2. The van der Waals surface area contributed by atoms with Crippen molar-refractivity contribution < 1.29 is 18.0 Å². The van der Waals surface area contributed by atoms with Crippen LogP contribution in [-0.2, 0) is 32.6 Å². The molecule has 1 N–H and O–H groups in total. The smallest absolute Gasteiger partial charge is 0.244 e. The van der Waals surface area contributed by atoms with Gasteiger partial charge >= 0.3 is 0 Å². The number of hydrogen-bond acceptors (Lipinski definition) is 4. The molecule has 0 aromatic heterocycles. The molecular weight excluding hydrogens is 593 g/mol. The molecule has 0 fully saturated rings. The number of para-hydroxylation sites is 1. The Morgan fingerprint density at radius 1 is 0.881 bits per heavy atom. The Balaban J connectivity index is 2.13. The van der Waals surface area contributed by atoms with Gasteiger partial charge in [0.25, 0.3) is 0 Å². The first-order chi connectivity index (χ1) is 19.6. The summed E-state index contributed by atoms with van der Waals surface area (Å²) >= 11 is 12.5. The Morgan fingerprint density at radius 3 is 2.07 bits per heavy atom. The van der Waals surface area contributed by atoms with E-state index < -0.39 is 34.1 Å². The molecule has 0 aliphatic carbocycles. The molecule has 3 rings (SSSR count). The summed E-state index contributed by atoms with van der Waals surface area (Å²) in [5.41, 5.74) is 2.14. The summed E-state index contributed by atoms with van der Waals surface area (Å²) < 4.78 is 27.4. The third-order valence-electron chi connectivity index (χ3n) is 6.61. The summed E-state index contributed by atoms with van der Waals surface area (Å²) in [6.45, 7) is 9.04. The molecular formula is C32H39Cl2N3O4S. The molecule has 7 nitrogen and oxygen atoms in total. The van der Waals surface area contributed by atoms with E-state index in [2.05, 4.69) is 5.32 Å². The van der Waals surface area contributed by atoms with Gasteiger partial charge in [0.15, 0.2) is 0 Å². The van der Waals surface area contributed by atoms with Gasteiger partial charge in [0.1, 0.15) is 12.6 Å². The van der Waals surface area contributed by atoms with Crippen LogP contribution in [-0.4, -0.2) is 49.5 Å². The molecule has 0 bridgehead atoms. The molecule has 3 aromatic rings.